The van der Waals surface area contributed by atoms with E-state index in [1.807, 2.05) is 0 Å². The smallest absolute Gasteiger partial charge is 0.411 e. The number of amides is 2. The quantitative estimate of drug-likeness (QED) is 0.836. The molecule has 1 aliphatic carbocycles. The van der Waals surface area contributed by atoms with Gasteiger partial charge in [0.25, 0.3) is 5.91 Å². The van der Waals surface area contributed by atoms with Crippen LogP contribution in [-0.4, -0.2) is 31.3 Å². The summed E-state index contributed by atoms with van der Waals surface area (Å²) >= 11 is 0. The van der Waals surface area contributed by atoms with E-state index in [-0.39, 0.29) is 18.6 Å². The van der Waals surface area contributed by atoms with E-state index in [9.17, 15) is 9.59 Å². The van der Waals surface area contributed by atoms with Crippen LogP contribution in [0.3, 0.4) is 0 Å². The minimum Gasteiger partial charge on any atom is -0.484 e. The summed E-state index contributed by atoms with van der Waals surface area (Å²) in [5.41, 5.74) is 0.563. The molecule has 6 heteroatoms. The van der Waals surface area contributed by atoms with Crippen LogP contribution in [0.1, 0.15) is 39.5 Å². The lowest BCUT2D eigenvalue weighted by molar-refractivity contribution is -0.124. The van der Waals surface area contributed by atoms with E-state index in [2.05, 4.69) is 17.6 Å². The van der Waals surface area contributed by atoms with Crippen molar-refractivity contribution in [3.63, 3.8) is 0 Å². The number of rotatable bonds is 6. The number of hydrogen-bond donors (Lipinski definition) is 2. The molecule has 1 fully saturated rings. The second-order valence-corrected chi connectivity index (χ2v) is 6.19. The molecule has 132 valence electrons. The molecule has 2 rings (SSSR count). The summed E-state index contributed by atoms with van der Waals surface area (Å²) < 4.78 is 10.3. The van der Waals surface area contributed by atoms with Crippen molar-refractivity contribution in [3.05, 3.63) is 24.3 Å². The van der Waals surface area contributed by atoms with Gasteiger partial charge in [-0.1, -0.05) is 13.0 Å². The number of hydrogen-bond acceptors (Lipinski definition) is 4. The van der Waals surface area contributed by atoms with Gasteiger partial charge in [-0.25, -0.2) is 4.79 Å². The molecule has 0 heterocycles. The summed E-state index contributed by atoms with van der Waals surface area (Å²) in [6, 6.07) is 7.14. The van der Waals surface area contributed by atoms with E-state index in [1.54, 1.807) is 31.2 Å². The highest BCUT2D eigenvalue weighted by atomic mass is 16.5. The average Bonchev–Trinajstić information content (AvgIpc) is 2.56. The van der Waals surface area contributed by atoms with Crippen LogP contribution in [0.5, 0.6) is 5.75 Å². The fraction of sp³-hybridized carbons (Fsp3) is 0.556. The average molecular weight is 334 g/mol. The van der Waals surface area contributed by atoms with Crippen LogP contribution in [0.2, 0.25) is 0 Å². The molecule has 0 saturated heterocycles. The van der Waals surface area contributed by atoms with Gasteiger partial charge in [0, 0.05) is 17.8 Å². The zero-order valence-corrected chi connectivity index (χ0v) is 14.3. The Kier molecular flexibility index (Phi) is 6.90. The molecule has 2 amide bonds. The summed E-state index contributed by atoms with van der Waals surface area (Å²) in [7, 11) is 0. The Balaban J connectivity index is 1.77. The number of benzene rings is 1. The highest BCUT2D eigenvalue weighted by Gasteiger charge is 2.19. The molecule has 0 unspecified atom stereocenters. The minimum absolute atomic E-state index is 0.0328. The molecule has 6 nitrogen and oxygen atoms in total. The molecule has 0 radical (unpaired) electrons. The Bertz CT molecular complexity index is 554. The lowest BCUT2D eigenvalue weighted by Gasteiger charge is -2.26. The van der Waals surface area contributed by atoms with Gasteiger partial charge in [-0.05, 0) is 50.7 Å². The third-order valence-corrected chi connectivity index (χ3v) is 4.11. The van der Waals surface area contributed by atoms with Crippen molar-refractivity contribution in [3.8, 4) is 5.75 Å². The normalized spacial score (nSPS) is 20.1. The molecule has 1 aromatic rings. The second kappa shape index (κ2) is 9.15. The largest absolute Gasteiger partial charge is 0.484 e. The Morgan fingerprint density at radius 2 is 1.96 bits per heavy atom. The van der Waals surface area contributed by atoms with Crippen molar-refractivity contribution in [1.82, 2.24) is 5.32 Å². The summed E-state index contributed by atoms with van der Waals surface area (Å²) in [4.78, 5) is 23.4. The van der Waals surface area contributed by atoms with Gasteiger partial charge in [0.05, 0.1) is 6.61 Å². The van der Waals surface area contributed by atoms with Crippen LogP contribution in [0.25, 0.3) is 0 Å². The number of carbonyl (C=O) groups is 2. The van der Waals surface area contributed by atoms with Gasteiger partial charge < -0.3 is 14.8 Å². The predicted octanol–water partition coefficient (Wildman–Crippen LogP) is 3.33. The van der Waals surface area contributed by atoms with Crippen LogP contribution in [0.15, 0.2) is 24.3 Å². The van der Waals surface area contributed by atoms with Gasteiger partial charge in [-0.3, -0.25) is 10.1 Å². The fourth-order valence-corrected chi connectivity index (χ4v) is 2.77. The highest BCUT2D eigenvalue weighted by molar-refractivity contribution is 5.84. The van der Waals surface area contributed by atoms with Crippen LogP contribution in [-0.2, 0) is 9.53 Å². The Morgan fingerprint density at radius 1 is 1.21 bits per heavy atom. The first-order chi connectivity index (χ1) is 11.6. The van der Waals surface area contributed by atoms with Gasteiger partial charge in [-0.2, -0.15) is 0 Å². The van der Waals surface area contributed by atoms with E-state index >= 15 is 0 Å². The number of carbonyl (C=O) groups excluding carboxylic acids is 2. The van der Waals surface area contributed by atoms with E-state index in [4.69, 9.17) is 9.47 Å². The van der Waals surface area contributed by atoms with E-state index in [1.165, 1.54) is 0 Å². The molecule has 1 saturated carbocycles. The summed E-state index contributed by atoms with van der Waals surface area (Å²) in [6.07, 6.45) is 3.87. The Hall–Kier alpha value is -2.24. The summed E-state index contributed by atoms with van der Waals surface area (Å²) in [5.74, 6) is 1.17. The molecule has 2 N–H and O–H groups in total. The monoisotopic (exact) mass is 334 g/mol. The SMILES string of the molecule is CCOC(=O)Nc1cccc(OCC(=O)NC2CCC(C)CC2)c1. The molecular formula is C18H26N2O4. The van der Waals surface area contributed by atoms with Gasteiger partial charge >= 0.3 is 6.09 Å². The molecule has 0 spiro atoms. The summed E-state index contributed by atoms with van der Waals surface area (Å²) in [6.45, 7) is 4.26. The predicted molar refractivity (Wildman–Crippen MR) is 92.1 cm³/mol. The third-order valence-electron chi connectivity index (χ3n) is 4.11. The Labute approximate surface area is 142 Å². The first-order valence-electron chi connectivity index (χ1n) is 8.52. The van der Waals surface area contributed by atoms with Crippen LogP contribution in [0, 0.1) is 5.92 Å². The maximum atomic E-state index is 12.0. The van der Waals surface area contributed by atoms with Crippen LogP contribution >= 0.6 is 0 Å². The van der Waals surface area contributed by atoms with Crippen molar-refractivity contribution in [2.45, 2.75) is 45.6 Å². The second-order valence-electron chi connectivity index (χ2n) is 6.19. The molecule has 24 heavy (non-hydrogen) atoms. The first kappa shape index (κ1) is 18.1. The van der Waals surface area contributed by atoms with Crippen LogP contribution < -0.4 is 15.4 Å². The van der Waals surface area contributed by atoms with Gasteiger partial charge in [0.2, 0.25) is 0 Å². The maximum Gasteiger partial charge on any atom is 0.411 e. The lowest BCUT2D eigenvalue weighted by atomic mass is 9.87. The number of ether oxygens (including phenoxy) is 2. The van der Waals surface area contributed by atoms with E-state index < -0.39 is 6.09 Å². The fourth-order valence-electron chi connectivity index (χ4n) is 2.77. The molecule has 0 bridgehead atoms. The summed E-state index contributed by atoms with van der Waals surface area (Å²) in [5, 5.41) is 5.62. The molecule has 1 aromatic carbocycles. The number of anilines is 1. The van der Waals surface area contributed by atoms with E-state index in [0.29, 0.717) is 18.0 Å². The van der Waals surface area contributed by atoms with Crippen LogP contribution in [0.4, 0.5) is 10.5 Å². The van der Waals surface area contributed by atoms with Crippen molar-refractivity contribution in [1.29, 1.82) is 0 Å². The van der Waals surface area contributed by atoms with Crippen molar-refractivity contribution < 1.29 is 19.1 Å². The zero-order chi connectivity index (χ0) is 17.4. The van der Waals surface area contributed by atoms with Gasteiger partial charge in [0.1, 0.15) is 5.75 Å². The van der Waals surface area contributed by atoms with Crippen molar-refractivity contribution in [2.24, 2.45) is 5.92 Å². The van der Waals surface area contributed by atoms with Crippen molar-refractivity contribution >= 4 is 17.7 Å². The van der Waals surface area contributed by atoms with Gasteiger partial charge in [0.15, 0.2) is 6.61 Å². The first-order valence-corrected chi connectivity index (χ1v) is 8.52. The maximum absolute atomic E-state index is 12.0. The highest BCUT2D eigenvalue weighted by Crippen LogP contribution is 2.23. The zero-order valence-electron chi connectivity index (χ0n) is 14.3. The van der Waals surface area contributed by atoms with Crippen molar-refractivity contribution in [2.75, 3.05) is 18.5 Å². The molecule has 0 aliphatic heterocycles. The molecular weight excluding hydrogens is 308 g/mol. The number of nitrogens with one attached hydrogen (secondary N) is 2. The topological polar surface area (TPSA) is 76.7 Å². The molecule has 0 atom stereocenters. The minimum atomic E-state index is -0.515. The lowest BCUT2D eigenvalue weighted by Crippen LogP contribution is -2.39. The third kappa shape index (κ3) is 6.10. The van der Waals surface area contributed by atoms with E-state index in [0.717, 1.165) is 31.6 Å². The Morgan fingerprint density at radius 3 is 2.67 bits per heavy atom. The van der Waals surface area contributed by atoms with Gasteiger partial charge in [-0.15, -0.1) is 0 Å². The standard InChI is InChI=1S/C18H26N2O4/c1-3-23-18(22)20-15-5-4-6-16(11-15)24-12-17(21)19-14-9-7-13(2)8-10-14/h4-6,11,13-14H,3,7-10,12H2,1-2H3,(H,19,21)(H,20,22). The molecule has 1 aliphatic rings. The molecule has 0 aromatic heterocycles.